The lowest BCUT2D eigenvalue weighted by Gasteiger charge is -2.25. The number of amides is 1. The van der Waals surface area contributed by atoms with E-state index in [-0.39, 0.29) is 23.6 Å². The van der Waals surface area contributed by atoms with Crippen LogP contribution in [0.1, 0.15) is 23.5 Å². The van der Waals surface area contributed by atoms with Gasteiger partial charge in [0.25, 0.3) is 11.2 Å². The van der Waals surface area contributed by atoms with Crippen LogP contribution < -0.4 is 10.9 Å². The SMILES string of the molecule is O=C1C[C@@H](c2cccc([N+](=O)[O-])c2)c2c(n3c(nc4ccccc43)[nH]c2=O)N1. The summed E-state index contributed by atoms with van der Waals surface area (Å²) in [6.07, 6.45) is 0.0232. The van der Waals surface area contributed by atoms with Crippen molar-refractivity contribution in [1.82, 2.24) is 14.4 Å². The Morgan fingerprint density at radius 1 is 1.14 bits per heavy atom. The van der Waals surface area contributed by atoms with Gasteiger partial charge in [-0.2, -0.15) is 0 Å². The quantitative estimate of drug-likeness (QED) is 0.412. The molecule has 2 aromatic heterocycles. The molecule has 1 aliphatic rings. The first-order valence-corrected chi connectivity index (χ1v) is 8.60. The molecule has 1 atom stereocenters. The predicted octanol–water partition coefficient (Wildman–Crippen LogP) is 2.56. The van der Waals surface area contributed by atoms with Crippen LogP contribution in [0.15, 0.2) is 53.3 Å². The van der Waals surface area contributed by atoms with Crippen LogP contribution in [-0.4, -0.2) is 25.2 Å². The number of aromatic amines is 1. The molecule has 0 spiro atoms. The van der Waals surface area contributed by atoms with Gasteiger partial charge < -0.3 is 5.32 Å². The minimum Gasteiger partial charge on any atom is -0.311 e. The number of rotatable bonds is 2. The van der Waals surface area contributed by atoms with Crippen molar-refractivity contribution in [3.63, 3.8) is 0 Å². The summed E-state index contributed by atoms with van der Waals surface area (Å²) in [6.45, 7) is 0. The van der Waals surface area contributed by atoms with Crippen molar-refractivity contribution in [2.24, 2.45) is 0 Å². The van der Waals surface area contributed by atoms with Gasteiger partial charge in [0, 0.05) is 24.5 Å². The average Bonchev–Trinajstić information content (AvgIpc) is 3.05. The van der Waals surface area contributed by atoms with Crippen molar-refractivity contribution < 1.29 is 9.72 Å². The molecule has 138 valence electrons. The normalized spacial score (nSPS) is 16.1. The minimum atomic E-state index is -0.599. The van der Waals surface area contributed by atoms with E-state index in [0.29, 0.717) is 28.2 Å². The highest BCUT2D eigenvalue weighted by Gasteiger charge is 2.32. The third kappa shape index (κ3) is 2.29. The van der Waals surface area contributed by atoms with Crippen LogP contribution in [0.3, 0.4) is 0 Å². The highest BCUT2D eigenvalue weighted by atomic mass is 16.6. The fourth-order valence-electron chi connectivity index (χ4n) is 3.79. The Morgan fingerprint density at radius 3 is 2.79 bits per heavy atom. The molecule has 0 unspecified atom stereocenters. The second-order valence-corrected chi connectivity index (χ2v) is 6.63. The van der Waals surface area contributed by atoms with Crippen molar-refractivity contribution in [2.75, 3.05) is 5.32 Å². The van der Waals surface area contributed by atoms with Gasteiger partial charge in [-0.3, -0.25) is 29.1 Å². The summed E-state index contributed by atoms with van der Waals surface area (Å²) in [4.78, 5) is 43.2. The number of H-pyrrole nitrogens is 1. The minimum absolute atomic E-state index is 0.0232. The van der Waals surface area contributed by atoms with Crippen molar-refractivity contribution in [3.05, 3.63) is 80.1 Å². The van der Waals surface area contributed by atoms with Crippen LogP contribution in [0.4, 0.5) is 11.5 Å². The number of carbonyl (C=O) groups is 1. The molecular formula is C19H13N5O4. The number of non-ortho nitro benzene ring substituents is 1. The number of nitrogens with one attached hydrogen (secondary N) is 2. The summed E-state index contributed by atoms with van der Waals surface area (Å²) in [7, 11) is 0. The maximum atomic E-state index is 12.9. The Hall–Kier alpha value is -4.01. The summed E-state index contributed by atoms with van der Waals surface area (Å²) >= 11 is 0. The van der Waals surface area contributed by atoms with Gasteiger partial charge in [-0.15, -0.1) is 0 Å². The van der Waals surface area contributed by atoms with Gasteiger partial charge >= 0.3 is 0 Å². The molecule has 0 radical (unpaired) electrons. The number of nitrogens with zero attached hydrogens (tertiary/aromatic N) is 3. The van der Waals surface area contributed by atoms with E-state index in [1.807, 2.05) is 24.3 Å². The standard InChI is InChI=1S/C19H13N5O4/c25-15-9-12(10-4-3-5-11(8-10)24(27)28)16-17(21-15)23-14-7-2-1-6-13(14)20-19(23)22-18(16)26/h1-8,12H,9H2,(H,21,25)(H,20,22,26)/t12-/m0/s1. The number of anilines is 1. The summed E-state index contributed by atoms with van der Waals surface area (Å²) in [5.41, 5.74) is 1.85. The van der Waals surface area contributed by atoms with E-state index >= 15 is 0 Å². The first-order chi connectivity index (χ1) is 13.5. The highest BCUT2D eigenvalue weighted by Crippen LogP contribution is 2.37. The average molecular weight is 375 g/mol. The molecule has 9 nitrogen and oxygen atoms in total. The first-order valence-electron chi connectivity index (χ1n) is 8.60. The number of nitro benzene ring substituents is 1. The molecule has 28 heavy (non-hydrogen) atoms. The van der Waals surface area contributed by atoms with Crippen LogP contribution in [0.5, 0.6) is 0 Å². The Balaban J connectivity index is 1.82. The van der Waals surface area contributed by atoms with Crippen LogP contribution in [0.25, 0.3) is 16.8 Å². The summed E-state index contributed by atoms with van der Waals surface area (Å²) < 4.78 is 1.70. The van der Waals surface area contributed by atoms with Gasteiger partial charge in [0.2, 0.25) is 11.7 Å². The zero-order chi connectivity index (χ0) is 19.4. The highest BCUT2D eigenvalue weighted by molar-refractivity contribution is 5.96. The van der Waals surface area contributed by atoms with Crippen LogP contribution in [0.2, 0.25) is 0 Å². The van der Waals surface area contributed by atoms with Crippen LogP contribution in [0, 0.1) is 10.1 Å². The van der Waals surface area contributed by atoms with Crippen LogP contribution >= 0.6 is 0 Å². The van der Waals surface area contributed by atoms with Gasteiger partial charge in [-0.05, 0) is 17.7 Å². The molecule has 9 heteroatoms. The molecule has 0 fully saturated rings. The van der Waals surface area contributed by atoms with E-state index in [4.69, 9.17) is 0 Å². The molecule has 4 aromatic rings. The van der Waals surface area contributed by atoms with Crippen molar-refractivity contribution >= 4 is 34.2 Å². The lowest BCUT2D eigenvalue weighted by Crippen LogP contribution is -2.32. The van der Waals surface area contributed by atoms with E-state index in [0.717, 1.165) is 5.52 Å². The fraction of sp³-hybridized carbons (Fsp3) is 0.105. The van der Waals surface area contributed by atoms with E-state index in [2.05, 4.69) is 15.3 Å². The smallest absolute Gasteiger partial charge is 0.269 e. The second-order valence-electron chi connectivity index (χ2n) is 6.63. The number of imidazole rings is 1. The molecule has 0 saturated carbocycles. The van der Waals surface area contributed by atoms with E-state index in [9.17, 15) is 19.7 Å². The number of hydrogen-bond donors (Lipinski definition) is 2. The molecule has 5 rings (SSSR count). The number of nitro groups is 1. The molecule has 1 amide bonds. The number of hydrogen-bond acceptors (Lipinski definition) is 5. The van der Waals surface area contributed by atoms with Gasteiger partial charge in [0.1, 0.15) is 5.82 Å². The maximum absolute atomic E-state index is 12.9. The monoisotopic (exact) mass is 375 g/mol. The Bertz CT molecular complexity index is 1350. The third-order valence-electron chi connectivity index (χ3n) is 4.99. The molecule has 3 heterocycles. The number of fused-ring (bicyclic) bond motifs is 5. The number of carbonyl (C=O) groups excluding carboxylic acids is 1. The summed E-state index contributed by atoms with van der Waals surface area (Å²) in [6, 6.07) is 13.4. The van der Waals surface area contributed by atoms with Gasteiger partial charge in [-0.1, -0.05) is 24.3 Å². The number of para-hydroxylation sites is 2. The zero-order valence-corrected chi connectivity index (χ0v) is 14.4. The Morgan fingerprint density at radius 2 is 1.96 bits per heavy atom. The molecule has 2 aromatic carbocycles. The van der Waals surface area contributed by atoms with E-state index in [1.165, 1.54) is 12.1 Å². The summed E-state index contributed by atoms with van der Waals surface area (Å²) in [5.74, 6) is -0.197. The van der Waals surface area contributed by atoms with Gasteiger partial charge in [0.15, 0.2) is 0 Å². The van der Waals surface area contributed by atoms with E-state index in [1.54, 1.807) is 16.5 Å². The summed E-state index contributed by atoms with van der Waals surface area (Å²) in [5, 5.41) is 13.9. The maximum Gasteiger partial charge on any atom is 0.269 e. The molecule has 0 aliphatic carbocycles. The predicted molar refractivity (Wildman–Crippen MR) is 102 cm³/mol. The lowest BCUT2D eigenvalue weighted by atomic mass is 9.86. The fourth-order valence-corrected chi connectivity index (χ4v) is 3.79. The second kappa shape index (κ2) is 5.74. The van der Waals surface area contributed by atoms with E-state index < -0.39 is 10.8 Å². The lowest BCUT2D eigenvalue weighted by molar-refractivity contribution is -0.384. The van der Waals surface area contributed by atoms with Gasteiger partial charge in [0.05, 0.1) is 21.5 Å². The molecule has 0 saturated heterocycles. The molecular weight excluding hydrogens is 362 g/mol. The largest absolute Gasteiger partial charge is 0.311 e. The third-order valence-corrected chi connectivity index (χ3v) is 4.99. The van der Waals surface area contributed by atoms with Crippen LogP contribution in [-0.2, 0) is 4.79 Å². The Kier molecular flexibility index (Phi) is 3.32. The van der Waals surface area contributed by atoms with Crippen molar-refractivity contribution in [1.29, 1.82) is 0 Å². The van der Waals surface area contributed by atoms with Gasteiger partial charge in [-0.25, -0.2) is 4.98 Å². The molecule has 0 bridgehead atoms. The molecule has 2 N–H and O–H groups in total. The van der Waals surface area contributed by atoms with Crippen molar-refractivity contribution in [3.8, 4) is 0 Å². The zero-order valence-electron chi connectivity index (χ0n) is 14.4. The topological polar surface area (TPSA) is 122 Å². The number of aromatic nitrogens is 3. The van der Waals surface area contributed by atoms with Crippen molar-refractivity contribution in [2.45, 2.75) is 12.3 Å². The first kappa shape index (κ1) is 16.2. The Labute approximate surface area is 156 Å². The molecule has 1 aliphatic heterocycles. The number of benzene rings is 2.